The molecular formula is C10H19NaO. The summed E-state index contributed by atoms with van der Waals surface area (Å²) in [6.45, 7) is 2.22. The molecule has 2 heteroatoms. The van der Waals surface area contributed by atoms with Gasteiger partial charge >= 0.3 is 29.6 Å². The van der Waals surface area contributed by atoms with Crippen molar-refractivity contribution in [2.24, 2.45) is 0 Å². The Bertz CT molecular complexity index is 83.9. The van der Waals surface area contributed by atoms with E-state index >= 15 is 0 Å². The van der Waals surface area contributed by atoms with Gasteiger partial charge in [0, 0.05) is 0 Å². The molecule has 0 bridgehead atoms. The van der Waals surface area contributed by atoms with Crippen molar-refractivity contribution in [2.45, 2.75) is 58.3 Å². The molecule has 0 rings (SSSR count). The molecule has 1 nitrogen and oxygen atoms in total. The zero-order valence-electron chi connectivity index (χ0n) is 8.57. The summed E-state index contributed by atoms with van der Waals surface area (Å²) in [5.41, 5.74) is 0. The maximum atomic E-state index is 9.82. The third-order valence-corrected chi connectivity index (χ3v) is 1.88. The van der Waals surface area contributed by atoms with E-state index in [0.717, 1.165) is 6.42 Å². The standard InChI is InChI=1S/C10H19O.Na/c1-2-3-4-5-6-7-8-9-10-11;/h2-9H2,1H3;/q-1;+1. The maximum Gasteiger partial charge on any atom is 1.00 e. The normalized spacial score (nSPS) is 9.08. The Hall–Kier alpha value is 0.670. The van der Waals surface area contributed by atoms with Crippen molar-refractivity contribution in [1.29, 1.82) is 0 Å². The van der Waals surface area contributed by atoms with Crippen LogP contribution in [0, 0.1) is 0 Å². The second-order valence-electron chi connectivity index (χ2n) is 3.02. The van der Waals surface area contributed by atoms with Crippen LogP contribution >= 0.6 is 0 Å². The minimum Gasteiger partial charge on any atom is -0.542 e. The predicted octanol–water partition coefficient (Wildman–Crippen LogP) is 0.241. The summed E-state index contributed by atoms with van der Waals surface area (Å²) in [6, 6.07) is 0. The first-order valence-electron chi connectivity index (χ1n) is 4.76. The molecule has 0 saturated carbocycles. The Morgan fingerprint density at radius 3 is 1.92 bits per heavy atom. The van der Waals surface area contributed by atoms with Crippen molar-refractivity contribution in [3.63, 3.8) is 0 Å². The predicted molar refractivity (Wildman–Crippen MR) is 48.3 cm³/mol. The first kappa shape index (κ1) is 15.2. The largest absolute Gasteiger partial charge is 1.00 e. The molecule has 0 aromatic carbocycles. The van der Waals surface area contributed by atoms with Gasteiger partial charge in [-0.2, -0.15) is 6.42 Å². The van der Waals surface area contributed by atoms with Crippen LogP contribution in [-0.4, -0.2) is 6.29 Å². The minimum absolute atomic E-state index is 0. The van der Waals surface area contributed by atoms with Gasteiger partial charge in [-0.3, -0.25) is 6.29 Å². The monoisotopic (exact) mass is 178 g/mol. The van der Waals surface area contributed by atoms with Gasteiger partial charge in [-0.25, -0.2) is 0 Å². The summed E-state index contributed by atoms with van der Waals surface area (Å²) in [5, 5.41) is 0. The molecule has 0 aliphatic rings. The van der Waals surface area contributed by atoms with Crippen molar-refractivity contribution in [2.75, 3.05) is 0 Å². The molecule has 0 aromatic rings. The molecule has 0 spiro atoms. The zero-order chi connectivity index (χ0) is 8.36. The van der Waals surface area contributed by atoms with Gasteiger partial charge < -0.3 is 4.79 Å². The second-order valence-corrected chi connectivity index (χ2v) is 3.02. The zero-order valence-corrected chi connectivity index (χ0v) is 10.6. The van der Waals surface area contributed by atoms with Gasteiger partial charge in [-0.15, -0.1) is 0 Å². The van der Waals surface area contributed by atoms with Crippen LogP contribution in [-0.2, 0) is 4.79 Å². The summed E-state index contributed by atoms with van der Waals surface area (Å²) in [4.78, 5) is 9.82. The molecule has 0 radical (unpaired) electrons. The Labute approximate surface area is 98.6 Å². The molecule has 0 fully saturated rings. The molecule has 0 aliphatic carbocycles. The second kappa shape index (κ2) is 14.2. The fourth-order valence-electron chi connectivity index (χ4n) is 1.15. The van der Waals surface area contributed by atoms with Gasteiger partial charge in [0.2, 0.25) is 0 Å². The van der Waals surface area contributed by atoms with Crippen LogP contribution in [0.5, 0.6) is 0 Å². The van der Waals surface area contributed by atoms with Gasteiger partial charge in [0.25, 0.3) is 0 Å². The first-order valence-corrected chi connectivity index (χ1v) is 4.76. The van der Waals surface area contributed by atoms with Crippen molar-refractivity contribution in [3.8, 4) is 0 Å². The summed E-state index contributed by atoms with van der Waals surface area (Å²) >= 11 is 0. The summed E-state index contributed by atoms with van der Waals surface area (Å²) in [6.07, 6.45) is 11.5. The fraction of sp³-hybridized carbons (Fsp3) is 0.900. The van der Waals surface area contributed by atoms with Gasteiger partial charge in [0.1, 0.15) is 0 Å². The van der Waals surface area contributed by atoms with Crippen LogP contribution < -0.4 is 29.6 Å². The van der Waals surface area contributed by atoms with Crippen LogP contribution in [0.15, 0.2) is 0 Å². The van der Waals surface area contributed by atoms with E-state index in [0.29, 0.717) is 6.42 Å². The van der Waals surface area contributed by atoms with E-state index in [1.807, 2.05) is 6.29 Å². The van der Waals surface area contributed by atoms with Gasteiger partial charge in [0.15, 0.2) is 0 Å². The average Bonchev–Trinajstić information content (AvgIpc) is 2.03. The molecule has 0 aromatic heterocycles. The van der Waals surface area contributed by atoms with Crippen LogP contribution in [0.25, 0.3) is 0 Å². The Morgan fingerprint density at radius 1 is 0.917 bits per heavy atom. The molecule has 0 amide bonds. The van der Waals surface area contributed by atoms with E-state index in [2.05, 4.69) is 6.92 Å². The molecule has 0 N–H and O–H groups in total. The van der Waals surface area contributed by atoms with Crippen LogP contribution in [0.3, 0.4) is 0 Å². The van der Waals surface area contributed by atoms with E-state index in [4.69, 9.17) is 0 Å². The molecular weight excluding hydrogens is 159 g/mol. The molecule has 0 unspecified atom stereocenters. The molecule has 12 heavy (non-hydrogen) atoms. The molecule has 66 valence electrons. The van der Waals surface area contributed by atoms with E-state index in [1.165, 1.54) is 38.5 Å². The van der Waals surface area contributed by atoms with Crippen LogP contribution in [0.2, 0.25) is 0 Å². The number of hydrogen-bond donors (Lipinski definition) is 0. The van der Waals surface area contributed by atoms with Crippen molar-refractivity contribution in [3.05, 3.63) is 0 Å². The van der Waals surface area contributed by atoms with Crippen molar-refractivity contribution in [1.82, 2.24) is 0 Å². The number of rotatable bonds is 8. The maximum absolute atomic E-state index is 9.82. The fourth-order valence-corrected chi connectivity index (χ4v) is 1.15. The third-order valence-electron chi connectivity index (χ3n) is 1.88. The van der Waals surface area contributed by atoms with Gasteiger partial charge in [-0.1, -0.05) is 51.9 Å². The minimum atomic E-state index is 0. The SMILES string of the molecule is CCCCCCCCC[C-]=O.[Na+]. The number of hydrogen-bond acceptors (Lipinski definition) is 1. The smallest absolute Gasteiger partial charge is 0.542 e. The summed E-state index contributed by atoms with van der Waals surface area (Å²) in [7, 11) is 0. The number of unbranched alkanes of at least 4 members (excludes halogenated alkanes) is 7. The van der Waals surface area contributed by atoms with Crippen LogP contribution in [0.1, 0.15) is 58.3 Å². The van der Waals surface area contributed by atoms with E-state index in [-0.39, 0.29) is 29.6 Å². The topological polar surface area (TPSA) is 17.1 Å². The van der Waals surface area contributed by atoms with Crippen molar-refractivity contribution < 1.29 is 34.4 Å². The average molecular weight is 178 g/mol. The first-order chi connectivity index (χ1) is 5.41. The molecule has 0 atom stereocenters. The quantitative estimate of drug-likeness (QED) is 0.296. The van der Waals surface area contributed by atoms with Crippen LogP contribution in [0.4, 0.5) is 0 Å². The Morgan fingerprint density at radius 2 is 1.42 bits per heavy atom. The summed E-state index contributed by atoms with van der Waals surface area (Å²) in [5.74, 6) is 0. The molecule has 0 heterocycles. The van der Waals surface area contributed by atoms with E-state index in [1.54, 1.807) is 0 Å². The summed E-state index contributed by atoms with van der Waals surface area (Å²) < 4.78 is 0. The van der Waals surface area contributed by atoms with Crippen molar-refractivity contribution >= 4 is 6.29 Å². The Balaban J connectivity index is 0. The van der Waals surface area contributed by atoms with Gasteiger partial charge in [-0.05, 0) is 0 Å². The van der Waals surface area contributed by atoms with Gasteiger partial charge in [0.05, 0.1) is 0 Å². The number of carbonyl (C=O) groups excluding carboxylic acids is 1. The van der Waals surface area contributed by atoms with E-state index in [9.17, 15) is 4.79 Å². The van der Waals surface area contributed by atoms with E-state index < -0.39 is 0 Å². The Kier molecular flexibility index (Phi) is 17.9. The molecule has 0 saturated heterocycles. The molecule has 0 aliphatic heterocycles. The third kappa shape index (κ3) is 13.3.